The van der Waals surface area contributed by atoms with Gasteiger partial charge in [0, 0.05) is 17.5 Å². The Labute approximate surface area is 95.1 Å². The molecule has 0 aliphatic heterocycles. The summed E-state index contributed by atoms with van der Waals surface area (Å²) in [6, 6.07) is 2.21. The molecule has 2 N–H and O–H groups in total. The van der Waals surface area contributed by atoms with Crippen molar-refractivity contribution in [3.05, 3.63) is 50.1 Å². The van der Waals surface area contributed by atoms with Crippen LogP contribution in [0.25, 0.3) is 16.5 Å². The Morgan fingerprint density at radius 1 is 1.65 bits per heavy atom. The van der Waals surface area contributed by atoms with E-state index < -0.39 is 22.1 Å². The van der Waals surface area contributed by atoms with E-state index in [9.17, 15) is 14.5 Å². The molecule has 0 fully saturated rings. The van der Waals surface area contributed by atoms with Crippen molar-refractivity contribution in [2.24, 2.45) is 5.11 Å². The van der Waals surface area contributed by atoms with Crippen molar-refractivity contribution in [1.29, 1.82) is 0 Å². The number of azide groups is 1. The number of hydrogen-bond donors (Lipinski definition) is 1. The number of anilines is 1. The van der Waals surface area contributed by atoms with Gasteiger partial charge < -0.3 is 5.73 Å². The van der Waals surface area contributed by atoms with Gasteiger partial charge in [-0.15, -0.1) is 0 Å². The van der Waals surface area contributed by atoms with Crippen LogP contribution in [0.15, 0.2) is 23.3 Å². The van der Waals surface area contributed by atoms with Crippen molar-refractivity contribution in [3.63, 3.8) is 0 Å². The maximum Gasteiger partial charge on any atom is 0.295 e. The fourth-order valence-electron chi connectivity index (χ4n) is 1.14. The Morgan fingerprint density at radius 2 is 2.35 bits per heavy atom. The van der Waals surface area contributed by atoms with Crippen molar-refractivity contribution in [1.82, 2.24) is 0 Å². The molecular weight excluding hydrogens is 229 g/mol. The van der Waals surface area contributed by atoms with Gasteiger partial charge in [-0.2, -0.15) is 0 Å². The van der Waals surface area contributed by atoms with Crippen LogP contribution in [0.2, 0.25) is 0 Å². The number of nitro groups is 1. The van der Waals surface area contributed by atoms with Gasteiger partial charge in [-0.1, -0.05) is 17.3 Å². The highest BCUT2D eigenvalue weighted by atomic mass is 19.1. The third-order valence-electron chi connectivity index (χ3n) is 1.89. The molecule has 0 saturated carbocycles. The monoisotopic (exact) mass is 237 g/mol. The van der Waals surface area contributed by atoms with E-state index in [1.165, 1.54) is 12.2 Å². The molecule has 1 aromatic rings. The molecule has 0 aromatic heterocycles. The largest absolute Gasteiger partial charge is 0.391 e. The number of rotatable bonds is 4. The maximum absolute atomic E-state index is 13.2. The van der Waals surface area contributed by atoms with Gasteiger partial charge >= 0.3 is 0 Å². The summed E-state index contributed by atoms with van der Waals surface area (Å²) in [7, 11) is 0. The van der Waals surface area contributed by atoms with Crippen LogP contribution in [0.4, 0.5) is 15.8 Å². The summed E-state index contributed by atoms with van der Waals surface area (Å²) >= 11 is 0. The number of halogens is 1. The third-order valence-corrected chi connectivity index (χ3v) is 1.89. The SMILES string of the molecule is [N-]=[N+]=NCC=Cc1cc(F)c(N)c([N+](=O)[O-])c1. The molecule has 0 saturated heterocycles. The van der Waals surface area contributed by atoms with Crippen molar-refractivity contribution in [2.75, 3.05) is 12.3 Å². The number of nitrogens with zero attached hydrogens (tertiary/aromatic N) is 4. The Kier molecular flexibility index (Phi) is 4.02. The summed E-state index contributed by atoms with van der Waals surface area (Å²) in [5, 5.41) is 13.8. The lowest BCUT2D eigenvalue weighted by molar-refractivity contribution is -0.384. The van der Waals surface area contributed by atoms with Crippen molar-refractivity contribution < 1.29 is 9.31 Å². The highest BCUT2D eigenvalue weighted by molar-refractivity contribution is 5.65. The van der Waals surface area contributed by atoms with E-state index in [4.69, 9.17) is 11.3 Å². The van der Waals surface area contributed by atoms with E-state index in [0.717, 1.165) is 12.1 Å². The summed E-state index contributed by atoms with van der Waals surface area (Å²) in [5.74, 6) is -0.859. The first kappa shape index (κ1) is 12.5. The molecule has 0 bridgehead atoms. The quantitative estimate of drug-likeness (QED) is 0.216. The number of nitrogen functional groups attached to an aromatic ring is 1. The van der Waals surface area contributed by atoms with E-state index in [1.807, 2.05) is 0 Å². The van der Waals surface area contributed by atoms with Crippen LogP contribution in [0.5, 0.6) is 0 Å². The molecule has 8 heteroatoms. The van der Waals surface area contributed by atoms with Crippen LogP contribution in [-0.4, -0.2) is 11.5 Å². The number of hydrogen-bond acceptors (Lipinski definition) is 4. The van der Waals surface area contributed by atoms with Gasteiger partial charge in [0.25, 0.3) is 5.69 Å². The van der Waals surface area contributed by atoms with Gasteiger partial charge in [-0.3, -0.25) is 10.1 Å². The van der Waals surface area contributed by atoms with Gasteiger partial charge in [-0.25, -0.2) is 4.39 Å². The summed E-state index contributed by atoms with van der Waals surface area (Å²) in [5.41, 5.74) is 12.5. The van der Waals surface area contributed by atoms with Crippen LogP contribution in [0.3, 0.4) is 0 Å². The predicted octanol–water partition coefficient (Wildman–Crippen LogP) is 2.64. The molecule has 0 spiro atoms. The zero-order chi connectivity index (χ0) is 12.8. The molecule has 1 rings (SSSR count). The fourth-order valence-corrected chi connectivity index (χ4v) is 1.14. The van der Waals surface area contributed by atoms with Gasteiger partial charge in [0.1, 0.15) is 5.69 Å². The second-order valence-corrected chi connectivity index (χ2v) is 3.01. The van der Waals surface area contributed by atoms with E-state index in [1.54, 1.807) is 0 Å². The van der Waals surface area contributed by atoms with Crippen molar-refractivity contribution >= 4 is 17.5 Å². The van der Waals surface area contributed by atoms with Crippen molar-refractivity contribution in [2.45, 2.75) is 0 Å². The van der Waals surface area contributed by atoms with Crippen LogP contribution in [0, 0.1) is 15.9 Å². The molecule has 0 amide bonds. The third kappa shape index (κ3) is 3.18. The van der Waals surface area contributed by atoms with Crippen LogP contribution in [0.1, 0.15) is 5.56 Å². The standard InChI is InChI=1S/C9H8FN5O2/c10-7-4-6(2-1-3-13-14-12)5-8(9(7)11)15(16)17/h1-2,4-5H,3,11H2. The van der Waals surface area contributed by atoms with Gasteiger partial charge in [0.15, 0.2) is 5.82 Å². The topological polar surface area (TPSA) is 118 Å². The van der Waals surface area contributed by atoms with E-state index in [0.29, 0.717) is 0 Å². The molecule has 0 heterocycles. The highest BCUT2D eigenvalue weighted by Gasteiger charge is 2.16. The molecule has 0 aliphatic rings. The second-order valence-electron chi connectivity index (χ2n) is 3.01. The Morgan fingerprint density at radius 3 is 2.94 bits per heavy atom. The minimum Gasteiger partial charge on any atom is -0.391 e. The van der Waals surface area contributed by atoms with Crippen LogP contribution >= 0.6 is 0 Å². The van der Waals surface area contributed by atoms with E-state index in [-0.39, 0.29) is 12.1 Å². The first-order chi connectivity index (χ1) is 8.06. The van der Waals surface area contributed by atoms with E-state index in [2.05, 4.69) is 10.0 Å². The van der Waals surface area contributed by atoms with Crippen molar-refractivity contribution in [3.8, 4) is 0 Å². The van der Waals surface area contributed by atoms with Gasteiger partial charge in [0.2, 0.25) is 0 Å². The minimum absolute atomic E-state index is 0.0797. The number of nitrogens with two attached hydrogens (primary N) is 1. The fraction of sp³-hybridized carbons (Fsp3) is 0.111. The summed E-state index contributed by atoms with van der Waals surface area (Å²) in [6.45, 7) is 0.0797. The molecule has 1 aromatic carbocycles. The summed E-state index contributed by atoms with van der Waals surface area (Å²) < 4.78 is 13.2. The average Bonchev–Trinajstić information content (AvgIpc) is 2.28. The Hall–Kier alpha value is -2.60. The minimum atomic E-state index is -0.859. The Balaban J connectivity index is 3.06. The summed E-state index contributed by atoms with van der Waals surface area (Å²) in [6.07, 6.45) is 2.86. The number of benzene rings is 1. The van der Waals surface area contributed by atoms with Gasteiger partial charge in [-0.05, 0) is 17.2 Å². The molecule has 0 aliphatic carbocycles. The molecule has 7 nitrogen and oxygen atoms in total. The predicted molar refractivity (Wildman–Crippen MR) is 60.5 cm³/mol. The first-order valence-electron chi connectivity index (χ1n) is 4.47. The lowest BCUT2D eigenvalue weighted by atomic mass is 10.1. The normalized spacial score (nSPS) is 10.2. The van der Waals surface area contributed by atoms with Crippen LogP contribution < -0.4 is 5.73 Å². The molecule has 17 heavy (non-hydrogen) atoms. The molecule has 0 atom stereocenters. The smallest absolute Gasteiger partial charge is 0.295 e. The van der Waals surface area contributed by atoms with E-state index >= 15 is 0 Å². The zero-order valence-electron chi connectivity index (χ0n) is 8.58. The maximum atomic E-state index is 13.2. The summed E-state index contributed by atoms with van der Waals surface area (Å²) in [4.78, 5) is 12.3. The van der Waals surface area contributed by atoms with Gasteiger partial charge in [0.05, 0.1) is 4.92 Å². The molecule has 0 radical (unpaired) electrons. The lowest BCUT2D eigenvalue weighted by Gasteiger charge is -2.00. The zero-order valence-corrected chi connectivity index (χ0v) is 8.58. The molecule has 0 unspecified atom stereocenters. The lowest BCUT2D eigenvalue weighted by Crippen LogP contribution is -1.99. The van der Waals surface area contributed by atoms with Crippen LogP contribution in [-0.2, 0) is 0 Å². The molecular formula is C9H8FN5O2. The Bertz CT molecular complexity index is 522. The second kappa shape index (κ2) is 5.47. The average molecular weight is 237 g/mol. The molecule has 88 valence electrons. The highest BCUT2D eigenvalue weighted by Crippen LogP contribution is 2.26. The first-order valence-corrected chi connectivity index (χ1v) is 4.47. The number of nitro benzene ring substituents is 1.